The quantitative estimate of drug-likeness (QED) is 0.856. The van der Waals surface area contributed by atoms with Gasteiger partial charge in [0.05, 0.1) is 6.04 Å². The number of hydrogen-bond acceptors (Lipinski definition) is 2. The Hall–Kier alpha value is -1.65. The van der Waals surface area contributed by atoms with Crippen molar-refractivity contribution in [3.8, 4) is 5.75 Å². The molecule has 2 rings (SSSR count). The summed E-state index contributed by atoms with van der Waals surface area (Å²) >= 11 is 5.88. The fourth-order valence-corrected chi connectivity index (χ4v) is 2.21. The van der Waals surface area contributed by atoms with Gasteiger partial charge < -0.3 is 10.1 Å². The summed E-state index contributed by atoms with van der Waals surface area (Å²) in [5.74, 6) is -0.578. The van der Waals surface area contributed by atoms with Crippen LogP contribution in [0.4, 0.5) is 8.78 Å². The molecule has 21 heavy (non-hydrogen) atoms. The maximum absolute atomic E-state index is 13.9. The summed E-state index contributed by atoms with van der Waals surface area (Å²) < 4.78 is 32.5. The molecule has 2 aromatic carbocycles. The average molecular weight is 312 g/mol. The van der Waals surface area contributed by atoms with Gasteiger partial charge in [0.15, 0.2) is 0 Å². The van der Waals surface area contributed by atoms with Crippen molar-refractivity contribution in [1.29, 1.82) is 0 Å². The van der Waals surface area contributed by atoms with Crippen LogP contribution < -0.4 is 10.1 Å². The minimum atomic E-state index is -0.595. The van der Waals surface area contributed by atoms with Crippen LogP contribution in [-0.4, -0.2) is 13.2 Å². The standard InChI is InChI=1S/C16H16ClF2NO/c1-2-20-16(14-7-6-12(18)9-15(14)19)10-21-13-5-3-4-11(17)8-13/h3-9,16,20H,2,10H2,1H3. The Morgan fingerprint density at radius 2 is 2.00 bits per heavy atom. The molecule has 0 amide bonds. The SMILES string of the molecule is CCNC(COc1cccc(Cl)c1)c1ccc(F)cc1F. The number of nitrogens with one attached hydrogen (secondary N) is 1. The molecule has 2 nitrogen and oxygen atoms in total. The molecular weight excluding hydrogens is 296 g/mol. The minimum absolute atomic E-state index is 0.219. The summed E-state index contributed by atoms with van der Waals surface area (Å²) in [5.41, 5.74) is 0.375. The maximum Gasteiger partial charge on any atom is 0.131 e. The molecule has 1 N–H and O–H groups in total. The summed E-state index contributed by atoms with van der Waals surface area (Å²) in [6, 6.07) is 10.2. The minimum Gasteiger partial charge on any atom is -0.492 e. The highest BCUT2D eigenvalue weighted by Crippen LogP contribution is 2.22. The van der Waals surface area contributed by atoms with E-state index in [-0.39, 0.29) is 12.6 Å². The first kappa shape index (κ1) is 15.7. The van der Waals surface area contributed by atoms with Gasteiger partial charge in [-0.15, -0.1) is 0 Å². The highest BCUT2D eigenvalue weighted by molar-refractivity contribution is 6.30. The van der Waals surface area contributed by atoms with E-state index in [1.807, 2.05) is 6.92 Å². The molecule has 0 spiro atoms. The third-order valence-corrected chi connectivity index (χ3v) is 3.24. The number of ether oxygens (including phenoxy) is 1. The number of hydrogen-bond donors (Lipinski definition) is 1. The molecule has 112 valence electrons. The van der Waals surface area contributed by atoms with Gasteiger partial charge in [0.25, 0.3) is 0 Å². The van der Waals surface area contributed by atoms with Crippen LogP contribution in [0.15, 0.2) is 42.5 Å². The van der Waals surface area contributed by atoms with Gasteiger partial charge in [0.1, 0.15) is 24.0 Å². The Labute approximate surface area is 127 Å². The molecule has 0 aromatic heterocycles. The van der Waals surface area contributed by atoms with E-state index < -0.39 is 11.6 Å². The van der Waals surface area contributed by atoms with E-state index in [1.54, 1.807) is 24.3 Å². The summed E-state index contributed by atoms with van der Waals surface area (Å²) in [6.07, 6.45) is 0. The molecule has 1 unspecified atom stereocenters. The number of benzene rings is 2. The summed E-state index contributed by atoms with van der Waals surface area (Å²) in [5, 5.41) is 3.69. The van der Waals surface area contributed by atoms with Crippen LogP contribution in [0.25, 0.3) is 0 Å². The van der Waals surface area contributed by atoms with Crippen molar-refractivity contribution >= 4 is 11.6 Å². The van der Waals surface area contributed by atoms with E-state index >= 15 is 0 Å². The van der Waals surface area contributed by atoms with E-state index in [2.05, 4.69) is 5.32 Å². The van der Waals surface area contributed by atoms with Crippen molar-refractivity contribution in [2.75, 3.05) is 13.2 Å². The van der Waals surface area contributed by atoms with E-state index in [0.29, 0.717) is 22.9 Å². The third kappa shape index (κ3) is 4.41. The molecule has 5 heteroatoms. The monoisotopic (exact) mass is 311 g/mol. The average Bonchev–Trinajstić information content (AvgIpc) is 2.44. The molecule has 0 saturated heterocycles. The highest BCUT2D eigenvalue weighted by Gasteiger charge is 2.16. The topological polar surface area (TPSA) is 21.3 Å². The molecular formula is C16H16ClF2NO. The molecule has 0 saturated carbocycles. The molecule has 0 fully saturated rings. The molecule has 2 aromatic rings. The summed E-state index contributed by atoms with van der Waals surface area (Å²) in [7, 11) is 0. The number of halogens is 3. The smallest absolute Gasteiger partial charge is 0.131 e. The lowest BCUT2D eigenvalue weighted by Crippen LogP contribution is -2.27. The first-order valence-corrected chi connectivity index (χ1v) is 7.04. The van der Waals surface area contributed by atoms with Crippen LogP contribution in [0.3, 0.4) is 0 Å². The first-order valence-electron chi connectivity index (χ1n) is 6.67. The zero-order chi connectivity index (χ0) is 15.2. The van der Waals surface area contributed by atoms with Gasteiger partial charge in [0.2, 0.25) is 0 Å². The van der Waals surface area contributed by atoms with Gasteiger partial charge in [0, 0.05) is 16.7 Å². The Morgan fingerprint density at radius 1 is 1.19 bits per heavy atom. The lowest BCUT2D eigenvalue weighted by molar-refractivity contribution is 0.264. The Morgan fingerprint density at radius 3 is 2.67 bits per heavy atom. The van der Waals surface area contributed by atoms with Gasteiger partial charge in [-0.2, -0.15) is 0 Å². The van der Waals surface area contributed by atoms with Gasteiger partial charge in [-0.3, -0.25) is 0 Å². The van der Waals surface area contributed by atoms with E-state index in [0.717, 1.165) is 6.07 Å². The maximum atomic E-state index is 13.9. The summed E-state index contributed by atoms with van der Waals surface area (Å²) in [6.45, 7) is 2.77. The highest BCUT2D eigenvalue weighted by atomic mass is 35.5. The van der Waals surface area contributed by atoms with Crippen molar-refractivity contribution in [2.24, 2.45) is 0 Å². The predicted molar refractivity (Wildman–Crippen MR) is 79.7 cm³/mol. The fourth-order valence-electron chi connectivity index (χ4n) is 2.03. The van der Waals surface area contributed by atoms with Gasteiger partial charge in [-0.05, 0) is 30.8 Å². The van der Waals surface area contributed by atoms with Crippen molar-refractivity contribution in [1.82, 2.24) is 5.32 Å². The molecule has 0 aliphatic heterocycles. The second-order valence-corrected chi connectivity index (χ2v) is 4.98. The van der Waals surface area contributed by atoms with Crippen molar-refractivity contribution in [3.63, 3.8) is 0 Å². The molecule has 0 radical (unpaired) electrons. The molecule has 1 atom stereocenters. The first-order chi connectivity index (χ1) is 10.1. The Balaban J connectivity index is 2.12. The van der Waals surface area contributed by atoms with Crippen LogP contribution in [-0.2, 0) is 0 Å². The number of rotatable bonds is 6. The van der Waals surface area contributed by atoms with Crippen molar-refractivity contribution < 1.29 is 13.5 Å². The predicted octanol–water partition coefficient (Wildman–Crippen LogP) is 4.35. The van der Waals surface area contributed by atoms with Gasteiger partial charge >= 0.3 is 0 Å². The van der Waals surface area contributed by atoms with E-state index in [1.165, 1.54) is 12.1 Å². The molecule has 0 bridgehead atoms. The molecule has 0 aliphatic rings. The van der Waals surface area contributed by atoms with Crippen molar-refractivity contribution in [3.05, 3.63) is 64.7 Å². The second-order valence-electron chi connectivity index (χ2n) is 4.54. The lowest BCUT2D eigenvalue weighted by atomic mass is 10.1. The Bertz CT molecular complexity index is 607. The molecule has 0 heterocycles. The molecule has 0 aliphatic carbocycles. The number of likely N-dealkylation sites (N-methyl/N-ethyl adjacent to an activating group) is 1. The van der Waals surface area contributed by atoms with Crippen LogP contribution in [0.5, 0.6) is 5.75 Å². The largest absolute Gasteiger partial charge is 0.492 e. The summed E-state index contributed by atoms with van der Waals surface area (Å²) in [4.78, 5) is 0. The Kier molecular flexibility index (Phi) is 5.53. The van der Waals surface area contributed by atoms with Crippen LogP contribution in [0.2, 0.25) is 5.02 Å². The lowest BCUT2D eigenvalue weighted by Gasteiger charge is -2.19. The zero-order valence-corrected chi connectivity index (χ0v) is 12.3. The normalized spacial score (nSPS) is 12.2. The van der Waals surface area contributed by atoms with Crippen LogP contribution >= 0.6 is 11.6 Å². The van der Waals surface area contributed by atoms with E-state index in [4.69, 9.17) is 16.3 Å². The third-order valence-electron chi connectivity index (χ3n) is 3.00. The zero-order valence-electron chi connectivity index (χ0n) is 11.6. The van der Waals surface area contributed by atoms with Crippen LogP contribution in [0, 0.1) is 11.6 Å². The van der Waals surface area contributed by atoms with Gasteiger partial charge in [-0.1, -0.05) is 30.7 Å². The van der Waals surface area contributed by atoms with Crippen molar-refractivity contribution in [2.45, 2.75) is 13.0 Å². The van der Waals surface area contributed by atoms with Crippen LogP contribution in [0.1, 0.15) is 18.5 Å². The van der Waals surface area contributed by atoms with E-state index in [9.17, 15) is 8.78 Å². The fraction of sp³-hybridized carbons (Fsp3) is 0.250. The second kappa shape index (κ2) is 7.38. The van der Waals surface area contributed by atoms with Gasteiger partial charge in [-0.25, -0.2) is 8.78 Å².